The average Bonchev–Trinajstić information content (AvgIpc) is 2.51. The molecule has 0 fully saturated rings. The van der Waals surface area contributed by atoms with Gasteiger partial charge in [-0.15, -0.1) is 0 Å². The van der Waals surface area contributed by atoms with E-state index >= 15 is 0 Å². The summed E-state index contributed by atoms with van der Waals surface area (Å²) in [5, 5.41) is 8.97. The number of nitrogens with zero attached hydrogens (tertiary/aromatic N) is 1. The van der Waals surface area contributed by atoms with Gasteiger partial charge in [0, 0.05) is 26.2 Å². The lowest BCUT2D eigenvalue weighted by atomic mass is 10.0. The number of benzene rings is 1. The Balaban J connectivity index is 1.98. The summed E-state index contributed by atoms with van der Waals surface area (Å²) in [6, 6.07) is 7.97. The molecule has 0 aromatic heterocycles. The Hall–Kier alpha value is -0.950. The third-order valence-electron chi connectivity index (χ3n) is 4.10. The number of nitrogens with one attached hydrogen (secondary N) is 1. The Morgan fingerprint density at radius 3 is 2.71 bits per heavy atom. The van der Waals surface area contributed by atoms with Crippen LogP contribution in [0.25, 0.3) is 0 Å². The maximum Gasteiger partial charge on any atom is 0.279 e. The molecular weight excluding hydrogens is 288 g/mol. The molecule has 1 aromatic carbocycles. The molecule has 0 saturated carbocycles. The summed E-state index contributed by atoms with van der Waals surface area (Å²) in [5.41, 5.74) is 2.31. The van der Waals surface area contributed by atoms with E-state index in [1.165, 1.54) is 9.87 Å². The van der Waals surface area contributed by atoms with Gasteiger partial charge in [-0.05, 0) is 29.9 Å². The van der Waals surface area contributed by atoms with E-state index in [9.17, 15) is 8.42 Å². The second-order valence-electron chi connectivity index (χ2n) is 5.49. The van der Waals surface area contributed by atoms with Crippen LogP contribution in [0.2, 0.25) is 0 Å². The van der Waals surface area contributed by atoms with Crippen molar-refractivity contribution in [2.24, 2.45) is 5.92 Å². The summed E-state index contributed by atoms with van der Waals surface area (Å²) < 4.78 is 28.9. The molecule has 1 aliphatic heterocycles. The number of aliphatic hydroxyl groups is 1. The summed E-state index contributed by atoms with van der Waals surface area (Å²) in [7, 11) is -3.45. The highest BCUT2D eigenvalue weighted by Gasteiger charge is 2.26. The molecular formula is C15H24N2O3S. The predicted molar refractivity (Wildman–Crippen MR) is 83.0 cm³/mol. The van der Waals surface area contributed by atoms with Gasteiger partial charge in [-0.1, -0.05) is 37.6 Å². The predicted octanol–water partition coefficient (Wildman–Crippen LogP) is 1.29. The molecule has 1 aliphatic rings. The fraction of sp³-hybridized carbons (Fsp3) is 0.600. The van der Waals surface area contributed by atoms with Crippen molar-refractivity contribution in [3.8, 4) is 0 Å². The van der Waals surface area contributed by atoms with Gasteiger partial charge in [0.2, 0.25) is 0 Å². The highest BCUT2D eigenvalue weighted by atomic mass is 32.2. The number of hydrogen-bond acceptors (Lipinski definition) is 3. The van der Waals surface area contributed by atoms with Crippen LogP contribution in [0.4, 0.5) is 0 Å². The first kappa shape index (κ1) is 16.4. The Bertz CT molecular complexity index is 560. The van der Waals surface area contributed by atoms with Crippen LogP contribution in [-0.2, 0) is 23.2 Å². The van der Waals surface area contributed by atoms with Gasteiger partial charge in [0.05, 0.1) is 0 Å². The molecule has 2 N–H and O–H groups in total. The number of fused-ring (bicyclic) bond motifs is 1. The monoisotopic (exact) mass is 312 g/mol. The fourth-order valence-electron chi connectivity index (χ4n) is 2.62. The normalized spacial score (nSPS) is 17.4. The average molecular weight is 312 g/mol. The Morgan fingerprint density at radius 1 is 1.33 bits per heavy atom. The zero-order valence-electron chi connectivity index (χ0n) is 12.5. The molecule has 6 heteroatoms. The van der Waals surface area contributed by atoms with E-state index in [4.69, 9.17) is 5.11 Å². The van der Waals surface area contributed by atoms with Gasteiger partial charge in [0.15, 0.2) is 0 Å². The molecule has 2 rings (SSSR count). The highest BCUT2D eigenvalue weighted by molar-refractivity contribution is 7.87. The fourth-order valence-corrected chi connectivity index (χ4v) is 3.89. The lowest BCUT2D eigenvalue weighted by Crippen LogP contribution is -2.44. The minimum atomic E-state index is -3.45. The summed E-state index contributed by atoms with van der Waals surface area (Å²) >= 11 is 0. The molecule has 0 saturated heterocycles. The molecule has 118 valence electrons. The second kappa shape index (κ2) is 7.35. The first-order valence-corrected chi connectivity index (χ1v) is 8.93. The Morgan fingerprint density at radius 2 is 2.05 bits per heavy atom. The molecule has 0 spiro atoms. The van der Waals surface area contributed by atoms with Crippen molar-refractivity contribution in [1.29, 1.82) is 0 Å². The van der Waals surface area contributed by atoms with Gasteiger partial charge in [0.1, 0.15) is 0 Å². The number of rotatable bonds is 7. The van der Waals surface area contributed by atoms with Crippen molar-refractivity contribution in [3.05, 3.63) is 35.4 Å². The molecule has 0 amide bonds. The SMILES string of the molecule is CCC(CCO)CNS(=O)(=O)N1CCc2ccccc2C1. The van der Waals surface area contributed by atoms with Crippen molar-refractivity contribution >= 4 is 10.2 Å². The van der Waals surface area contributed by atoms with Gasteiger partial charge in [-0.25, -0.2) is 4.72 Å². The van der Waals surface area contributed by atoms with E-state index in [0.717, 1.165) is 18.4 Å². The van der Waals surface area contributed by atoms with Crippen LogP contribution < -0.4 is 4.72 Å². The summed E-state index contributed by atoms with van der Waals surface area (Å²) in [6.07, 6.45) is 2.23. The molecule has 5 nitrogen and oxygen atoms in total. The lowest BCUT2D eigenvalue weighted by Gasteiger charge is -2.28. The van der Waals surface area contributed by atoms with E-state index in [-0.39, 0.29) is 12.5 Å². The van der Waals surface area contributed by atoms with Crippen LogP contribution in [0.15, 0.2) is 24.3 Å². The minimum Gasteiger partial charge on any atom is -0.396 e. The molecule has 1 unspecified atom stereocenters. The zero-order valence-corrected chi connectivity index (χ0v) is 13.3. The van der Waals surface area contributed by atoms with E-state index in [0.29, 0.717) is 26.1 Å². The summed E-state index contributed by atoms with van der Waals surface area (Å²) in [4.78, 5) is 0. The third-order valence-corrected chi connectivity index (χ3v) is 5.63. The van der Waals surface area contributed by atoms with E-state index in [1.807, 2.05) is 25.1 Å². The number of hydrogen-bond donors (Lipinski definition) is 2. The first-order valence-electron chi connectivity index (χ1n) is 7.49. The van der Waals surface area contributed by atoms with Crippen molar-refractivity contribution in [2.45, 2.75) is 32.7 Å². The summed E-state index contributed by atoms with van der Waals surface area (Å²) in [6.45, 7) is 3.44. The van der Waals surface area contributed by atoms with Crippen LogP contribution in [0.1, 0.15) is 30.9 Å². The zero-order chi connectivity index (χ0) is 15.3. The number of aliphatic hydroxyl groups excluding tert-OH is 1. The van der Waals surface area contributed by atoms with Crippen LogP contribution in [0, 0.1) is 5.92 Å². The van der Waals surface area contributed by atoms with Crippen molar-refractivity contribution in [1.82, 2.24) is 9.03 Å². The van der Waals surface area contributed by atoms with E-state index in [1.54, 1.807) is 0 Å². The Kier molecular flexibility index (Phi) is 5.75. The maximum absolute atomic E-state index is 12.4. The van der Waals surface area contributed by atoms with E-state index in [2.05, 4.69) is 10.8 Å². The molecule has 0 bridgehead atoms. The highest BCUT2D eigenvalue weighted by Crippen LogP contribution is 2.20. The topological polar surface area (TPSA) is 69.6 Å². The van der Waals surface area contributed by atoms with Gasteiger partial charge in [-0.3, -0.25) is 0 Å². The van der Waals surface area contributed by atoms with Gasteiger partial charge >= 0.3 is 0 Å². The molecule has 21 heavy (non-hydrogen) atoms. The van der Waals surface area contributed by atoms with Crippen molar-refractivity contribution in [3.63, 3.8) is 0 Å². The minimum absolute atomic E-state index is 0.0946. The standard InChI is InChI=1S/C15H24N2O3S/c1-2-13(8-10-18)11-16-21(19,20)17-9-7-14-5-3-4-6-15(14)12-17/h3-6,13,16,18H,2,7-12H2,1H3. The largest absolute Gasteiger partial charge is 0.396 e. The van der Waals surface area contributed by atoms with E-state index < -0.39 is 10.2 Å². The molecule has 1 atom stereocenters. The lowest BCUT2D eigenvalue weighted by molar-refractivity contribution is 0.253. The molecule has 0 radical (unpaired) electrons. The smallest absolute Gasteiger partial charge is 0.279 e. The Labute approximate surface area is 127 Å². The van der Waals surface area contributed by atoms with Crippen molar-refractivity contribution in [2.75, 3.05) is 19.7 Å². The van der Waals surface area contributed by atoms with Gasteiger partial charge in [0.25, 0.3) is 10.2 Å². The molecule has 1 aromatic rings. The maximum atomic E-state index is 12.4. The first-order chi connectivity index (χ1) is 10.1. The van der Waals surface area contributed by atoms with Crippen LogP contribution in [-0.4, -0.2) is 37.5 Å². The molecule has 0 aliphatic carbocycles. The second-order valence-corrected chi connectivity index (χ2v) is 7.25. The quantitative estimate of drug-likeness (QED) is 0.797. The van der Waals surface area contributed by atoms with Crippen LogP contribution in [0.5, 0.6) is 0 Å². The van der Waals surface area contributed by atoms with Crippen LogP contribution >= 0.6 is 0 Å². The van der Waals surface area contributed by atoms with Gasteiger partial charge < -0.3 is 5.11 Å². The molecule has 1 heterocycles. The van der Waals surface area contributed by atoms with Crippen molar-refractivity contribution < 1.29 is 13.5 Å². The summed E-state index contributed by atoms with van der Waals surface area (Å²) in [5.74, 6) is 0.182. The van der Waals surface area contributed by atoms with Gasteiger partial charge in [-0.2, -0.15) is 12.7 Å². The third kappa shape index (κ3) is 4.26. The van der Waals surface area contributed by atoms with Crippen LogP contribution in [0.3, 0.4) is 0 Å².